The van der Waals surface area contributed by atoms with E-state index in [1.165, 1.54) is 0 Å². The first kappa shape index (κ1) is 75.5. The van der Waals surface area contributed by atoms with E-state index in [1.54, 1.807) is 0 Å². The zero-order chi connectivity index (χ0) is 0. The molecule has 0 unspecified atom stereocenters. The van der Waals surface area contributed by atoms with Crippen molar-refractivity contribution >= 4 is 103 Å². The molecule has 7 heteroatoms. The van der Waals surface area contributed by atoms with Gasteiger partial charge in [-0.2, -0.15) is 0 Å². The van der Waals surface area contributed by atoms with Crippen LogP contribution >= 0.6 is 0 Å². The SMILES string of the molecule is O.[Al].[Fe].[K].[Mg].[OH-].[Si]. The minimum Gasteiger partial charge on any atom is -0.870 e. The van der Waals surface area contributed by atoms with E-state index in [-0.39, 0.29) is 131 Å². The largest absolute Gasteiger partial charge is 0.870 e. The van der Waals surface area contributed by atoms with Crippen LogP contribution < -0.4 is 0 Å². The van der Waals surface area contributed by atoms with Crippen molar-refractivity contribution in [3.63, 3.8) is 0 Å². The van der Waals surface area contributed by atoms with Gasteiger partial charge in [-0.3, -0.25) is 0 Å². The van der Waals surface area contributed by atoms with Crippen molar-refractivity contribution in [3.05, 3.63) is 0 Å². The summed E-state index contributed by atoms with van der Waals surface area (Å²) in [5.74, 6) is 0. The van der Waals surface area contributed by atoms with E-state index in [1.807, 2.05) is 0 Å². The topological polar surface area (TPSA) is 61.5 Å². The summed E-state index contributed by atoms with van der Waals surface area (Å²) >= 11 is 0. The van der Waals surface area contributed by atoms with E-state index >= 15 is 0 Å². The van der Waals surface area contributed by atoms with Gasteiger partial charge in [0.2, 0.25) is 0 Å². The minimum absolute atomic E-state index is 0. The first-order valence-corrected chi connectivity index (χ1v) is 0. The van der Waals surface area contributed by atoms with Gasteiger partial charge >= 0.3 is 0 Å². The van der Waals surface area contributed by atoms with Crippen LogP contribution in [0.3, 0.4) is 0 Å². The zero-order valence-electron chi connectivity index (χ0n) is 4.09. The van der Waals surface area contributed by atoms with Gasteiger partial charge < -0.3 is 11.0 Å². The van der Waals surface area contributed by atoms with E-state index in [4.69, 9.17) is 0 Å². The molecule has 0 fully saturated rings. The van der Waals surface area contributed by atoms with E-state index in [0.717, 1.165) is 0 Å². The summed E-state index contributed by atoms with van der Waals surface area (Å²) < 4.78 is 0. The summed E-state index contributed by atoms with van der Waals surface area (Å²) in [5, 5.41) is 0. The number of hydrogen-bond acceptors (Lipinski definition) is 1. The second kappa shape index (κ2) is 54.9. The second-order valence-corrected chi connectivity index (χ2v) is 0. The van der Waals surface area contributed by atoms with Gasteiger partial charge in [0.1, 0.15) is 0 Å². The molecule has 0 saturated heterocycles. The molecule has 34 valence electrons. The van der Waals surface area contributed by atoms with Gasteiger partial charge in [-0.05, 0) is 0 Å². The van der Waals surface area contributed by atoms with Crippen LogP contribution in [0.25, 0.3) is 0 Å². The van der Waals surface area contributed by atoms with Crippen LogP contribution in [0.5, 0.6) is 0 Å². The molecule has 0 atom stereocenters. The van der Waals surface area contributed by atoms with Crippen molar-refractivity contribution < 1.29 is 28.0 Å². The monoisotopic (exact) mass is 209 g/mol. The van der Waals surface area contributed by atoms with Crippen LogP contribution in [0.15, 0.2) is 0 Å². The first-order chi connectivity index (χ1) is 0. The van der Waals surface area contributed by atoms with Gasteiger partial charge in [0.25, 0.3) is 0 Å². The van der Waals surface area contributed by atoms with E-state index in [2.05, 4.69) is 0 Å². The van der Waals surface area contributed by atoms with E-state index in [0.29, 0.717) is 0 Å². The molecule has 0 heterocycles. The van der Waals surface area contributed by atoms with Gasteiger partial charge in [-0.25, -0.2) is 0 Å². The van der Waals surface area contributed by atoms with Crippen LogP contribution in [0, 0.1) is 0 Å². The molecule has 0 aliphatic rings. The van der Waals surface area contributed by atoms with Crippen molar-refractivity contribution in [1.29, 1.82) is 0 Å². The average Bonchev–Trinajstić information content (AvgIpc) is 0. The Labute approximate surface area is 128 Å². The van der Waals surface area contributed by atoms with Crippen LogP contribution in [0.2, 0.25) is 0 Å². The fourth-order valence-electron chi connectivity index (χ4n) is 0. The van der Waals surface area contributed by atoms with Crippen molar-refractivity contribution in [2.75, 3.05) is 0 Å². The molecule has 0 aromatic carbocycles. The summed E-state index contributed by atoms with van der Waals surface area (Å²) in [6.07, 6.45) is 0. The Balaban J connectivity index is 0. The molecule has 0 saturated carbocycles. The Morgan fingerprint density at radius 3 is 1.00 bits per heavy atom. The third kappa shape index (κ3) is 42.9. The van der Waals surface area contributed by atoms with Gasteiger partial charge in [-0.15, -0.1) is 0 Å². The summed E-state index contributed by atoms with van der Waals surface area (Å²) in [5.41, 5.74) is 0. The molecule has 0 spiro atoms. The Bertz CT molecular complexity index is 17.7. The summed E-state index contributed by atoms with van der Waals surface area (Å²) in [6.45, 7) is 0. The van der Waals surface area contributed by atoms with E-state index < -0.39 is 0 Å². The fraction of sp³-hybridized carbons (Fsp3) is 0. The Kier molecular flexibility index (Phi) is 592. The molecular formula is H3AlFeKMgO2Si-. The Morgan fingerprint density at radius 2 is 1.00 bits per heavy atom. The maximum atomic E-state index is 0. The fourth-order valence-corrected chi connectivity index (χ4v) is 0. The first-order valence-electron chi connectivity index (χ1n) is 0. The number of hydrogen-bond donors (Lipinski definition) is 0. The molecule has 0 aromatic heterocycles. The van der Waals surface area contributed by atoms with Crippen LogP contribution in [-0.4, -0.2) is 114 Å². The quantitative estimate of drug-likeness (QED) is 0.406. The average molecular weight is 209 g/mol. The molecule has 0 aliphatic carbocycles. The molecule has 0 amide bonds. The molecule has 0 rings (SSSR count). The third-order valence-electron chi connectivity index (χ3n) is 0. The standard InChI is InChI=1S/Al.Fe.K.Mg.2H2O.Si/h;;;;2*1H2;/p-1. The summed E-state index contributed by atoms with van der Waals surface area (Å²) in [6, 6.07) is 0. The maximum Gasteiger partial charge on any atom is 0 e. The molecule has 0 aliphatic heterocycles. The van der Waals surface area contributed by atoms with Crippen molar-refractivity contribution in [1.82, 2.24) is 0 Å². The maximum absolute atomic E-state index is 0. The Morgan fingerprint density at radius 1 is 1.00 bits per heavy atom. The molecule has 3 N–H and O–H groups in total. The molecule has 2 nitrogen and oxygen atoms in total. The van der Waals surface area contributed by atoms with Crippen molar-refractivity contribution in [2.45, 2.75) is 0 Å². The predicted octanol–water partition coefficient (Wildman–Crippen LogP) is -2.53. The molecule has 7 heavy (non-hydrogen) atoms. The molecule has 0 bridgehead atoms. The van der Waals surface area contributed by atoms with Crippen molar-refractivity contribution in [3.8, 4) is 0 Å². The van der Waals surface area contributed by atoms with Crippen LogP contribution in [-0.2, 0) is 17.1 Å². The normalized spacial score (nSPS) is 0. The third-order valence-corrected chi connectivity index (χ3v) is 0. The van der Waals surface area contributed by atoms with Gasteiger partial charge in [0.05, 0.1) is 0 Å². The number of rotatable bonds is 0. The van der Waals surface area contributed by atoms with Crippen LogP contribution in [0.4, 0.5) is 0 Å². The smallest absolute Gasteiger partial charge is 0 e. The molecule has 10 radical (unpaired) electrons. The van der Waals surface area contributed by atoms with Crippen LogP contribution in [0.1, 0.15) is 0 Å². The Hall–Kier alpha value is 3.59. The minimum atomic E-state index is 0. The predicted molar refractivity (Wildman–Crippen MR) is 28.6 cm³/mol. The molecular weight excluding hydrogens is 206 g/mol. The molecule has 0 aromatic rings. The summed E-state index contributed by atoms with van der Waals surface area (Å²) in [4.78, 5) is 0. The van der Waals surface area contributed by atoms with Gasteiger partial charge in [0.15, 0.2) is 0 Å². The van der Waals surface area contributed by atoms with Gasteiger partial charge in [-0.1, -0.05) is 0 Å². The second-order valence-electron chi connectivity index (χ2n) is 0. The summed E-state index contributed by atoms with van der Waals surface area (Å²) in [7, 11) is 0. The van der Waals surface area contributed by atoms with Gasteiger partial charge in [0, 0.05) is 120 Å². The zero-order valence-corrected chi connectivity index (χ0v) is 11.9. The van der Waals surface area contributed by atoms with E-state index in [9.17, 15) is 0 Å². The van der Waals surface area contributed by atoms with Crippen molar-refractivity contribution in [2.24, 2.45) is 0 Å².